The van der Waals surface area contributed by atoms with Crippen LogP contribution >= 0.6 is 0 Å². The second-order valence-corrected chi connectivity index (χ2v) is 10.1. The Bertz CT molecular complexity index is 1150. The number of aliphatic imine (C=N–C) groups is 1. The Labute approximate surface area is 196 Å². The van der Waals surface area contributed by atoms with E-state index in [1.165, 1.54) is 16.7 Å². The zero-order chi connectivity index (χ0) is 23.3. The fourth-order valence-electron chi connectivity index (χ4n) is 6.01. The minimum absolute atomic E-state index is 0.0370. The fourth-order valence-corrected chi connectivity index (χ4v) is 6.01. The SMILES string of the molecule is CCC1(CC)CC(=O)N([C@@H]2Cc3ccc(C(=O)C[C@@H]4c5ccccc5C[C@H]4C)cc32)C(N)=N1. The van der Waals surface area contributed by atoms with E-state index in [0.717, 1.165) is 36.8 Å². The molecule has 3 atom stereocenters. The lowest BCUT2D eigenvalue weighted by Gasteiger charge is -2.44. The molecule has 1 aliphatic heterocycles. The molecule has 3 aliphatic rings. The van der Waals surface area contributed by atoms with Crippen molar-refractivity contribution in [3.63, 3.8) is 0 Å². The second kappa shape index (κ2) is 8.12. The summed E-state index contributed by atoms with van der Waals surface area (Å²) in [6, 6.07) is 14.3. The van der Waals surface area contributed by atoms with Crippen molar-refractivity contribution in [2.75, 3.05) is 0 Å². The summed E-state index contributed by atoms with van der Waals surface area (Å²) in [6.45, 7) is 6.36. The van der Waals surface area contributed by atoms with Gasteiger partial charge in [-0.25, -0.2) is 4.99 Å². The van der Waals surface area contributed by atoms with Crippen molar-refractivity contribution < 1.29 is 9.59 Å². The molecule has 0 bridgehead atoms. The fraction of sp³-hybridized carbons (Fsp3) is 0.464. The largest absolute Gasteiger partial charge is 0.369 e. The monoisotopic (exact) mass is 443 g/mol. The first kappa shape index (κ1) is 21.9. The van der Waals surface area contributed by atoms with Gasteiger partial charge in [0.2, 0.25) is 5.91 Å². The van der Waals surface area contributed by atoms with E-state index >= 15 is 0 Å². The highest BCUT2D eigenvalue weighted by Gasteiger charge is 2.43. The highest BCUT2D eigenvalue weighted by atomic mass is 16.2. The third-order valence-corrected chi connectivity index (χ3v) is 8.30. The minimum Gasteiger partial charge on any atom is -0.369 e. The van der Waals surface area contributed by atoms with Crippen LogP contribution in [0.1, 0.15) is 91.0 Å². The summed E-state index contributed by atoms with van der Waals surface area (Å²) in [5, 5.41) is 0. The normalized spacial score (nSPS) is 25.2. The summed E-state index contributed by atoms with van der Waals surface area (Å²) in [7, 11) is 0. The molecule has 0 unspecified atom stereocenters. The van der Waals surface area contributed by atoms with E-state index in [2.05, 4.69) is 45.0 Å². The zero-order valence-electron chi connectivity index (χ0n) is 19.8. The average molecular weight is 444 g/mol. The van der Waals surface area contributed by atoms with E-state index in [4.69, 9.17) is 10.7 Å². The number of ketones is 1. The summed E-state index contributed by atoms with van der Waals surface area (Å²) in [4.78, 5) is 32.8. The highest BCUT2D eigenvalue weighted by Crippen LogP contribution is 2.43. The van der Waals surface area contributed by atoms with Gasteiger partial charge in [-0.2, -0.15) is 0 Å². The van der Waals surface area contributed by atoms with Gasteiger partial charge in [0.1, 0.15) is 0 Å². The van der Waals surface area contributed by atoms with Crippen LogP contribution in [0.2, 0.25) is 0 Å². The van der Waals surface area contributed by atoms with E-state index in [0.29, 0.717) is 24.7 Å². The van der Waals surface area contributed by atoms with Crippen LogP contribution in [0.25, 0.3) is 0 Å². The van der Waals surface area contributed by atoms with E-state index in [-0.39, 0.29) is 29.2 Å². The maximum Gasteiger partial charge on any atom is 0.232 e. The molecular weight excluding hydrogens is 410 g/mol. The first-order valence-corrected chi connectivity index (χ1v) is 12.3. The van der Waals surface area contributed by atoms with Crippen molar-refractivity contribution in [1.29, 1.82) is 0 Å². The molecule has 33 heavy (non-hydrogen) atoms. The number of fused-ring (bicyclic) bond motifs is 2. The Morgan fingerprint density at radius 1 is 1.09 bits per heavy atom. The highest BCUT2D eigenvalue weighted by molar-refractivity contribution is 6.00. The molecule has 0 aromatic heterocycles. The summed E-state index contributed by atoms with van der Waals surface area (Å²) in [5.41, 5.74) is 11.6. The first-order chi connectivity index (χ1) is 15.9. The number of carbonyl (C=O) groups excluding carboxylic acids is 2. The average Bonchev–Trinajstić information content (AvgIpc) is 3.11. The van der Waals surface area contributed by atoms with Gasteiger partial charge in [0.25, 0.3) is 0 Å². The van der Waals surface area contributed by atoms with Crippen LogP contribution in [-0.4, -0.2) is 28.1 Å². The van der Waals surface area contributed by atoms with Crippen molar-refractivity contribution in [1.82, 2.24) is 4.90 Å². The minimum atomic E-state index is -0.379. The Balaban J connectivity index is 1.37. The number of rotatable bonds is 6. The number of nitrogens with two attached hydrogens (primary N) is 1. The Morgan fingerprint density at radius 2 is 1.82 bits per heavy atom. The molecule has 5 rings (SSSR count). The van der Waals surface area contributed by atoms with E-state index in [9.17, 15) is 9.59 Å². The molecule has 172 valence electrons. The van der Waals surface area contributed by atoms with Crippen molar-refractivity contribution in [2.45, 2.75) is 76.8 Å². The zero-order valence-corrected chi connectivity index (χ0v) is 19.8. The first-order valence-electron chi connectivity index (χ1n) is 12.3. The molecule has 2 aliphatic carbocycles. The summed E-state index contributed by atoms with van der Waals surface area (Å²) < 4.78 is 0. The predicted molar refractivity (Wildman–Crippen MR) is 130 cm³/mol. The molecule has 0 saturated carbocycles. The van der Waals surface area contributed by atoms with E-state index in [1.807, 2.05) is 18.2 Å². The number of hydrogen-bond donors (Lipinski definition) is 1. The van der Waals surface area contributed by atoms with Crippen LogP contribution in [0.5, 0.6) is 0 Å². The van der Waals surface area contributed by atoms with Crippen molar-refractivity contribution in [3.8, 4) is 0 Å². The van der Waals surface area contributed by atoms with Gasteiger partial charge in [-0.1, -0.05) is 57.2 Å². The predicted octanol–water partition coefficient (Wildman–Crippen LogP) is 4.94. The summed E-state index contributed by atoms with van der Waals surface area (Å²) >= 11 is 0. The van der Waals surface area contributed by atoms with Gasteiger partial charge >= 0.3 is 0 Å². The van der Waals surface area contributed by atoms with Crippen LogP contribution < -0.4 is 5.73 Å². The Hall–Kier alpha value is -2.95. The van der Waals surface area contributed by atoms with Gasteiger partial charge < -0.3 is 5.73 Å². The molecular formula is C28H33N3O2. The van der Waals surface area contributed by atoms with Crippen molar-refractivity contribution >= 4 is 17.6 Å². The molecule has 5 nitrogen and oxygen atoms in total. The third kappa shape index (κ3) is 3.58. The maximum absolute atomic E-state index is 13.3. The Kier molecular flexibility index (Phi) is 5.38. The molecule has 5 heteroatoms. The molecule has 0 radical (unpaired) electrons. The standard InChI is InChI=1S/C28H33N3O2/c1-4-28(5-2)16-26(33)31(27(29)30-28)24-14-19-10-11-20(13-23(19)24)25(32)15-22-17(3)12-18-8-6-7-9-21(18)22/h6-11,13,17,22,24H,4-5,12,14-16H2,1-3H3,(H2,29,30)/t17-,22+,24-/m1/s1. The molecule has 2 N–H and O–H groups in total. The van der Waals surface area contributed by atoms with Gasteiger partial charge in [0, 0.05) is 12.0 Å². The lowest BCUT2D eigenvalue weighted by Crippen LogP contribution is -2.54. The van der Waals surface area contributed by atoms with Gasteiger partial charge in [-0.3, -0.25) is 14.5 Å². The third-order valence-electron chi connectivity index (χ3n) is 8.30. The number of Topliss-reactive ketones (excluding diaryl/α,β-unsaturated/α-hetero) is 1. The molecule has 1 heterocycles. The van der Waals surface area contributed by atoms with Crippen LogP contribution in [0.15, 0.2) is 47.5 Å². The lowest BCUT2D eigenvalue weighted by atomic mass is 9.78. The van der Waals surface area contributed by atoms with Crippen molar-refractivity contribution in [3.05, 3.63) is 70.3 Å². The van der Waals surface area contributed by atoms with Crippen LogP contribution in [-0.2, 0) is 17.6 Å². The lowest BCUT2D eigenvalue weighted by molar-refractivity contribution is -0.132. The van der Waals surface area contributed by atoms with Crippen LogP contribution in [0.3, 0.4) is 0 Å². The number of hydrogen-bond acceptors (Lipinski definition) is 4. The summed E-state index contributed by atoms with van der Waals surface area (Å²) in [5.74, 6) is 1.25. The molecule has 0 spiro atoms. The van der Waals surface area contributed by atoms with Gasteiger partial charge in [-0.05, 0) is 65.8 Å². The molecule has 0 saturated heterocycles. The number of carbonyl (C=O) groups is 2. The summed E-state index contributed by atoms with van der Waals surface area (Å²) in [6.07, 6.45) is 4.30. The van der Waals surface area contributed by atoms with Gasteiger partial charge in [0.05, 0.1) is 18.0 Å². The van der Waals surface area contributed by atoms with E-state index < -0.39 is 0 Å². The number of benzene rings is 2. The number of guanidine groups is 1. The molecule has 1 amide bonds. The quantitative estimate of drug-likeness (QED) is 0.643. The van der Waals surface area contributed by atoms with E-state index in [1.54, 1.807) is 4.90 Å². The molecule has 0 fully saturated rings. The number of nitrogens with zero attached hydrogens (tertiary/aromatic N) is 2. The van der Waals surface area contributed by atoms with Crippen LogP contribution in [0, 0.1) is 5.92 Å². The van der Waals surface area contributed by atoms with Gasteiger partial charge in [0.15, 0.2) is 11.7 Å². The molecule has 2 aromatic rings. The second-order valence-electron chi connectivity index (χ2n) is 10.1. The number of amides is 1. The van der Waals surface area contributed by atoms with Crippen LogP contribution in [0.4, 0.5) is 0 Å². The Morgan fingerprint density at radius 3 is 2.55 bits per heavy atom. The van der Waals surface area contributed by atoms with Crippen molar-refractivity contribution in [2.24, 2.45) is 16.6 Å². The maximum atomic E-state index is 13.3. The topological polar surface area (TPSA) is 75.8 Å². The smallest absolute Gasteiger partial charge is 0.232 e. The molecule has 2 aromatic carbocycles. The van der Waals surface area contributed by atoms with Gasteiger partial charge in [-0.15, -0.1) is 0 Å².